The van der Waals surface area contributed by atoms with Crippen LogP contribution >= 0.6 is 0 Å². The fourth-order valence-electron chi connectivity index (χ4n) is 2.15. The van der Waals surface area contributed by atoms with E-state index in [1.54, 1.807) is 12.4 Å². The molecule has 1 heterocycles. The van der Waals surface area contributed by atoms with Crippen LogP contribution in [0.4, 0.5) is 4.79 Å². The van der Waals surface area contributed by atoms with Crippen molar-refractivity contribution in [3.05, 3.63) is 66.0 Å². The number of benzene rings is 1. The first-order valence-electron chi connectivity index (χ1n) is 7.14. The van der Waals surface area contributed by atoms with Crippen molar-refractivity contribution in [2.45, 2.75) is 32.4 Å². The zero-order valence-corrected chi connectivity index (χ0v) is 12.5. The van der Waals surface area contributed by atoms with Crippen LogP contribution in [0.25, 0.3) is 0 Å². The Balaban J connectivity index is 1.97. The molecule has 4 nitrogen and oxygen atoms in total. The summed E-state index contributed by atoms with van der Waals surface area (Å²) in [6.45, 7) is 4.56. The molecule has 21 heavy (non-hydrogen) atoms. The smallest absolute Gasteiger partial charge is 0.315 e. The van der Waals surface area contributed by atoms with Crippen molar-refractivity contribution in [3.8, 4) is 0 Å². The number of hydrogen-bond donors (Lipinski definition) is 2. The molecule has 0 radical (unpaired) electrons. The van der Waals surface area contributed by atoms with Crippen LogP contribution in [-0.4, -0.2) is 11.0 Å². The fraction of sp³-hybridized carbons (Fsp3) is 0.294. The van der Waals surface area contributed by atoms with Gasteiger partial charge in [0.05, 0.1) is 5.54 Å². The monoisotopic (exact) mass is 283 g/mol. The number of rotatable bonds is 5. The molecule has 0 saturated carbocycles. The molecule has 0 aliphatic carbocycles. The molecule has 1 aromatic heterocycles. The molecule has 0 fully saturated rings. The van der Waals surface area contributed by atoms with Gasteiger partial charge in [0.2, 0.25) is 0 Å². The molecule has 110 valence electrons. The van der Waals surface area contributed by atoms with E-state index in [0.29, 0.717) is 6.54 Å². The lowest BCUT2D eigenvalue weighted by Crippen LogP contribution is -2.47. The number of carbonyl (C=O) groups is 1. The maximum atomic E-state index is 12.1. The third-order valence-corrected chi connectivity index (χ3v) is 3.68. The Morgan fingerprint density at radius 1 is 1.19 bits per heavy atom. The van der Waals surface area contributed by atoms with Gasteiger partial charge in [-0.1, -0.05) is 43.3 Å². The van der Waals surface area contributed by atoms with Crippen molar-refractivity contribution in [3.63, 3.8) is 0 Å². The van der Waals surface area contributed by atoms with Gasteiger partial charge in [0.15, 0.2) is 0 Å². The van der Waals surface area contributed by atoms with Crippen LogP contribution in [0.15, 0.2) is 54.9 Å². The molecule has 4 heteroatoms. The normalized spacial score (nSPS) is 13.2. The Labute approximate surface area is 125 Å². The van der Waals surface area contributed by atoms with E-state index in [2.05, 4.69) is 22.5 Å². The number of aromatic nitrogens is 1. The van der Waals surface area contributed by atoms with E-state index < -0.39 is 0 Å². The molecular formula is C17H21N3O. The number of amides is 2. The highest BCUT2D eigenvalue weighted by Crippen LogP contribution is 2.23. The summed E-state index contributed by atoms with van der Waals surface area (Å²) < 4.78 is 0. The summed E-state index contributed by atoms with van der Waals surface area (Å²) in [5, 5.41) is 5.93. The number of hydrogen-bond acceptors (Lipinski definition) is 2. The second kappa shape index (κ2) is 6.88. The zero-order chi connectivity index (χ0) is 15.1. The van der Waals surface area contributed by atoms with Crippen molar-refractivity contribution in [2.24, 2.45) is 0 Å². The molecule has 1 aromatic carbocycles. The predicted molar refractivity (Wildman–Crippen MR) is 83.7 cm³/mol. The third kappa shape index (κ3) is 4.05. The lowest BCUT2D eigenvalue weighted by Gasteiger charge is -2.30. The molecule has 2 amide bonds. The van der Waals surface area contributed by atoms with Gasteiger partial charge < -0.3 is 10.6 Å². The Hall–Kier alpha value is -2.36. The molecule has 0 saturated heterocycles. The molecule has 0 unspecified atom stereocenters. The van der Waals surface area contributed by atoms with Crippen LogP contribution in [0.3, 0.4) is 0 Å². The first kappa shape index (κ1) is 15.0. The van der Waals surface area contributed by atoms with E-state index in [1.807, 2.05) is 49.4 Å². The maximum absolute atomic E-state index is 12.1. The van der Waals surface area contributed by atoms with E-state index in [-0.39, 0.29) is 11.6 Å². The zero-order valence-electron chi connectivity index (χ0n) is 12.5. The molecule has 0 aliphatic heterocycles. The van der Waals surface area contributed by atoms with Crippen LogP contribution in [0.5, 0.6) is 0 Å². The first-order valence-corrected chi connectivity index (χ1v) is 7.14. The van der Waals surface area contributed by atoms with E-state index in [1.165, 1.54) is 0 Å². The SMILES string of the molecule is CC[C@@](C)(NC(=O)NCc1cccnc1)c1ccccc1. The largest absolute Gasteiger partial charge is 0.334 e. The Bertz CT molecular complexity index is 571. The Kier molecular flexibility index (Phi) is 4.93. The van der Waals surface area contributed by atoms with E-state index in [0.717, 1.165) is 17.5 Å². The second-order valence-corrected chi connectivity index (χ2v) is 5.22. The number of pyridine rings is 1. The summed E-state index contributed by atoms with van der Waals surface area (Å²) >= 11 is 0. The number of nitrogens with one attached hydrogen (secondary N) is 2. The van der Waals surface area contributed by atoms with Crippen LogP contribution < -0.4 is 10.6 Å². The van der Waals surface area contributed by atoms with E-state index >= 15 is 0 Å². The van der Waals surface area contributed by atoms with Crippen molar-refractivity contribution in [2.75, 3.05) is 0 Å². The summed E-state index contributed by atoms with van der Waals surface area (Å²) in [6.07, 6.45) is 4.28. The lowest BCUT2D eigenvalue weighted by molar-refractivity contribution is 0.225. The molecule has 0 spiro atoms. The summed E-state index contributed by atoms with van der Waals surface area (Å²) in [5.74, 6) is 0. The van der Waals surface area contributed by atoms with E-state index in [4.69, 9.17) is 0 Å². The van der Waals surface area contributed by atoms with Crippen LogP contribution in [0, 0.1) is 0 Å². The highest BCUT2D eigenvalue weighted by atomic mass is 16.2. The maximum Gasteiger partial charge on any atom is 0.315 e. The van der Waals surface area contributed by atoms with Gasteiger partial charge in [-0.2, -0.15) is 0 Å². The standard InChI is InChI=1S/C17H21N3O/c1-3-17(2,15-9-5-4-6-10-15)20-16(21)19-13-14-8-7-11-18-12-14/h4-12H,3,13H2,1-2H3,(H2,19,20,21)/t17-/m1/s1. The molecule has 2 aromatic rings. The number of carbonyl (C=O) groups excluding carboxylic acids is 1. The molecule has 2 N–H and O–H groups in total. The minimum atomic E-state index is -0.375. The van der Waals surface area contributed by atoms with Gasteiger partial charge in [0, 0.05) is 18.9 Å². The average molecular weight is 283 g/mol. The quantitative estimate of drug-likeness (QED) is 0.885. The molecule has 0 bridgehead atoms. The minimum absolute atomic E-state index is 0.174. The predicted octanol–water partition coefficient (Wildman–Crippen LogP) is 3.21. The summed E-state index contributed by atoms with van der Waals surface area (Å²) in [5.41, 5.74) is 1.70. The van der Waals surface area contributed by atoms with E-state index in [9.17, 15) is 4.79 Å². The average Bonchev–Trinajstić information content (AvgIpc) is 2.54. The van der Waals surface area contributed by atoms with Gasteiger partial charge in [-0.3, -0.25) is 4.98 Å². The van der Waals surface area contributed by atoms with Crippen molar-refractivity contribution < 1.29 is 4.79 Å². The van der Waals surface area contributed by atoms with Crippen molar-refractivity contribution in [1.82, 2.24) is 15.6 Å². The number of urea groups is 1. The van der Waals surface area contributed by atoms with Crippen LogP contribution in [0.2, 0.25) is 0 Å². The molecule has 2 rings (SSSR count). The Morgan fingerprint density at radius 3 is 2.57 bits per heavy atom. The van der Waals surface area contributed by atoms with Crippen molar-refractivity contribution >= 4 is 6.03 Å². The first-order chi connectivity index (χ1) is 10.1. The lowest BCUT2D eigenvalue weighted by atomic mass is 9.89. The third-order valence-electron chi connectivity index (χ3n) is 3.68. The van der Waals surface area contributed by atoms with Gasteiger partial charge in [-0.25, -0.2) is 4.79 Å². The highest BCUT2D eigenvalue weighted by Gasteiger charge is 2.26. The van der Waals surface area contributed by atoms with Gasteiger partial charge in [-0.05, 0) is 30.5 Å². The Morgan fingerprint density at radius 2 is 1.95 bits per heavy atom. The van der Waals surface area contributed by atoms with Crippen LogP contribution in [0.1, 0.15) is 31.4 Å². The minimum Gasteiger partial charge on any atom is -0.334 e. The highest BCUT2D eigenvalue weighted by molar-refractivity contribution is 5.75. The summed E-state index contributed by atoms with van der Waals surface area (Å²) in [4.78, 5) is 16.2. The summed E-state index contributed by atoms with van der Waals surface area (Å²) in [6, 6.07) is 13.6. The van der Waals surface area contributed by atoms with Gasteiger partial charge in [-0.15, -0.1) is 0 Å². The molecule has 0 aliphatic rings. The molecular weight excluding hydrogens is 262 g/mol. The summed E-state index contributed by atoms with van der Waals surface area (Å²) in [7, 11) is 0. The fourth-order valence-corrected chi connectivity index (χ4v) is 2.15. The van der Waals surface area contributed by atoms with Crippen molar-refractivity contribution in [1.29, 1.82) is 0 Å². The second-order valence-electron chi connectivity index (χ2n) is 5.22. The van der Waals surface area contributed by atoms with Gasteiger partial charge in [0.25, 0.3) is 0 Å². The van der Waals surface area contributed by atoms with Gasteiger partial charge >= 0.3 is 6.03 Å². The number of nitrogens with zero attached hydrogens (tertiary/aromatic N) is 1. The van der Waals surface area contributed by atoms with Crippen LogP contribution in [-0.2, 0) is 12.1 Å². The topological polar surface area (TPSA) is 54.0 Å². The molecule has 1 atom stereocenters. The van der Waals surface area contributed by atoms with Gasteiger partial charge in [0.1, 0.15) is 0 Å².